The molecule has 0 spiro atoms. The standard InChI is InChI=1S/C21H16O2/c22-16-19-10-14-21(15-11-19)23-20-12-8-18(9-13-20)7-6-17-4-2-1-3-5-17/h1-16H. The highest BCUT2D eigenvalue weighted by Crippen LogP contribution is 2.22. The summed E-state index contributed by atoms with van der Waals surface area (Å²) in [6.07, 6.45) is 4.96. The molecular formula is C21H16O2. The lowest BCUT2D eigenvalue weighted by molar-refractivity contribution is 0.112. The van der Waals surface area contributed by atoms with E-state index >= 15 is 0 Å². The van der Waals surface area contributed by atoms with Crippen LogP contribution in [0.4, 0.5) is 0 Å². The van der Waals surface area contributed by atoms with E-state index in [-0.39, 0.29) is 0 Å². The third-order valence-corrected chi connectivity index (χ3v) is 3.40. The number of carbonyl (C=O) groups excluding carboxylic acids is 1. The highest BCUT2D eigenvalue weighted by molar-refractivity contribution is 5.74. The molecular weight excluding hydrogens is 284 g/mol. The van der Waals surface area contributed by atoms with E-state index in [1.54, 1.807) is 24.3 Å². The summed E-state index contributed by atoms with van der Waals surface area (Å²) < 4.78 is 5.76. The lowest BCUT2D eigenvalue weighted by Crippen LogP contribution is -1.85. The van der Waals surface area contributed by atoms with E-state index in [0.717, 1.165) is 17.6 Å². The number of benzene rings is 3. The Morgan fingerprint density at radius 1 is 0.565 bits per heavy atom. The van der Waals surface area contributed by atoms with E-state index < -0.39 is 0 Å². The van der Waals surface area contributed by atoms with Gasteiger partial charge in [0.25, 0.3) is 0 Å². The van der Waals surface area contributed by atoms with Crippen LogP contribution >= 0.6 is 0 Å². The number of rotatable bonds is 5. The van der Waals surface area contributed by atoms with Crippen molar-refractivity contribution in [3.8, 4) is 11.5 Å². The van der Waals surface area contributed by atoms with E-state index in [1.165, 1.54) is 5.56 Å². The minimum Gasteiger partial charge on any atom is -0.457 e. The predicted octanol–water partition coefficient (Wildman–Crippen LogP) is 5.46. The zero-order chi connectivity index (χ0) is 15.9. The Kier molecular flexibility index (Phi) is 4.65. The molecule has 0 aliphatic rings. The van der Waals surface area contributed by atoms with Gasteiger partial charge < -0.3 is 4.74 Å². The van der Waals surface area contributed by atoms with Crippen LogP contribution < -0.4 is 4.74 Å². The highest BCUT2D eigenvalue weighted by atomic mass is 16.5. The molecule has 0 amide bonds. The first-order valence-electron chi connectivity index (χ1n) is 7.40. The average molecular weight is 300 g/mol. The van der Waals surface area contributed by atoms with E-state index in [1.807, 2.05) is 42.5 Å². The van der Waals surface area contributed by atoms with E-state index in [4.69, 9.17) is 4.74 Å². The Morgan fingerprint density at radius 3 is 1.57 bits per heavy atom. The first-order chi connectivity index (χ1) is 11.3. The summed E-state index contributed by atoms with van der Waals surface area (Å²) in [5, 5.41) is 0. The second-order valence-corrected chi connectivity index (χ2v) is 5.10. The van der Waals surface area contributed by atoms with Crippen molar-refractivity contribution in [1.82, 2.24) is 0 Å². The van der Waals surface area contributed by atoms with Gasteiger partial charge in [-0.05, 0) is 47.5 Å². The van der Waals surface area contributed by atoms with Crippen LogP contribution in [-0.4, -0.2) is 6.29 Å². The number of carbonyl (C=O) groups is 1. The van der Waals surface area contributed by atoms with Crippen LogP contribution in [-0.2, 0) is 0 Å². The Bertz CT molecular complexity index is 786. The molecule has 0 aliphatic carbocycles. The van der Waals surface area contributed by atoms with Crippen molar-refractivity contribution >= 4 is 18.4 Å². The van der Waals surface area contributed by atoms with Gasteiger partial charge in [0.1, 0.15) is 17.8 Å². The van der Waals surface area contributed by atoms with Gasteiger partial charge in [-0.1, -0.05) is 54.6 Å². The Labute approximate surface area is 135 Å². The van der Waals surface area contributed by atoms with Crippen molar-refractivity contribution in [3.63, 3.8) is 0 Å². The lowest BCUT2D eigenvalue weighted by Gasteiger charge is -2.06. The van der Waals surface area contributed by atoms with Crippen molar-refractivity contribution in [3.05, 3.63) is 95.6 Å². The van der Waals surface area contributed by atoms with Crippen molar-refractivity contribution in [2.24, 2.45) is 0 Å². The number of aldehydes is 1. The summed E-state index contributed by atoms with van der Waals surface area (Å²) in [4.78, 5) is 10.6. The molecule has 0 saturated heterocycles. The molecule has 0 heterocycles. The zero-order valence-electron chi connectivity index (χ0n) is 12.6. The second-order valence-electron chi connectivity index (χ2n) is 5.10. The maximum atomic E-state index is 10.6. The van der Waals surface area contributed by atoms with Gasteiger partial charge in [0.15, 0.2) is 0 Å². The molecule has 0 unspecified atom stereocenters. The molecule has 0 aromatic heterocycles. The number of hydrogen-bond acceptors (Lipinski definition) is 2. The topological polar surface area (TPSA) is 26.3 Å². The van der Waals surface area contributed by atoms with Crippen LogP contribution in [0.1, 0.15) is 21.5 Å². The largest absolute Gasteiger partial charge is 0.457 e. The molecule has 0 N–H and O–H groups in total. The normalized spacial score (nSPS) is 10.6. The summed E-state index contributed by atoms with van der Waals surface area (Å²) in [6, 6.07) is 25.1. The predicted molar refractivity (Wildman–Crippen MR) is 93.7 cm³/mol. The fourth-order valence-corrected chi connectivity index (χ4v) is 2.15. The van der Waals surface area contributed by atoms with Crippen LogP contribution in [0.5, 0.6) is 11.5 Å². The van der Waals surface area contributed by atoms with Gasteiger partial charge in [0.05, 0.1) is 0 Å². The molecule has 3 aromatic rings. The molecule has 23 heavy (non-hydrogen) atoms. The highest BCUT2D eigenvalue weighted by Gasteiger charge is 1.98. The summed E-state index contributed by atoms with van der Waals surface area (Å²) in [5.41, 5.74) is 2.92. The molecule has 112 valence electrons. The quantitative estimate of drug-likeness (QED) is 0.462. The van der Waals surface area contributed by atoms with Crippen LogP contribution in [0, 0.1) is 0 Å². The van der Waals surface area contributed by atoms with Crippen LogP contribution in [0.3, 0.4) is 0 Å². The number of ether oxygens (including phenoxy) is 1. The molecule has 3 aromatic carbocycles. The Hall–Kier alpha value is -3.13. The monoisotopic (exact) mass is 300 g/mol. The maximum absolute atomic E-state index is 10.6. The fourth-order valence-electron chi connectivity index (χ4n) is 2.15. The summed E-state index contributed by atoms with van der Waals surface area (Å²) in [7, 11) is 0. The molecule has 2 heteroatoms. The van der Waals surface area contributed by atoms with Crippen molar-refractivity contribution < 1.29 is 9.53 Å². The first kappa shape index (κ1) is 14.8. The Morgan fingerprint density at radius 2 is 1.04 bits per heavy atom. The van der Waals surface area contributed by atoms with E-state index in [0.29, 0.717) is 11.3 Å². The third-order valence-electron chi connectivity index (χ3n) is 3.40. The molecule has 0 radical (unpaired) electrons. The van der Waals surface area contributed by atoms with Crippen LogP contribution in [0.2, 0.25) is 0 Å². The zero-order valence-corrected chi connectivity index (χ0v) is 12.6. The molecule has 0 aliphatic heterocycles. The molecule has 0 fully saturated rings. The van der Waals surface area contributed by atoms with Crippen molar-refractivity contribution in [1.29, 1.82) is 0 Å². The molecule has 0 atom stereocenters. The summed E-state index contributed by atoms with van der Waals surface area (Å²) in [5.74, 6) is 1.48. The number of hydrogen-bond donors (Lipinski definition) is 0. The smallest absolute Gasteiger partial charge is 0.150 e. The summed E-state index contributed by atoms with van der Waals surface area (Å²) >= 11 is 0. The van der Waals surface area contributed by atoms with Gasteiger partial charge in [0.2, 0.25) is 0 Å². The third kappa shape index (κ3) is 4.17. The second kappa shape index (κ2) is 7.23. The SMILES string of the molecule is O=Cc1ccc(Oc2ccc(C=Cc3ccccc3)cc2)cc1. The van der Waals surface area contributed by atoms with Gasteiger partial charge in [-0.25, -0.2) is 0 Å². The van der Waals surface area contributed by atoms with Gasteiger partial charge in [0, 0.05) is 5.56 Å². The molecule has 0 bridgehead atoms. The maximum Gasteiger partial charge on any atom is 0.150 e. The molecule has 3 rings (SSSR count). The van der Waals surface area contributed by atoms with Crippen LogP contribution in [0.25, 0.3) is 12.2 Å². The van der Waals surface area contributed by atoms with Crippen LogP contribution in [0.15, 0.2) is 78.9 Å². The minimum absolute atomic E-state index is 0.638. The molecule has 2 nitrogen and oxygen atoms in total. The minimum atomic E-state index is 0.638. The van der Waals surface area contributed by atoms with Crippen molar-refractivity contribution in [2.45, 2.75) is 0 Å². The lowest BCUT2D eigenvalue weighted by atomic mass is 10.1. The van der Waals surface area contributed by atoms with E-state index in [2.05, 4.69) is 24.3 Å². The summed E-state index contributed by atoms with van der Waals surface area (Å²) in [6.45, 7) is 0. The van der Waals surface area contributed by atoms with Crippen molar-refractivity contribution in [2.75, 3.05) is 0 Å². The van der Waals surface area contributed by atoms with Gasteiger partial charge in [-0.15, -0.1) is 0 Å². The van der Waals surface area contributed by atoms with E-state index in [9.17, 15) is 4.79 Å². The first-order valence-corrected chi connectivity index (χ1v) is 7.40. The van der Waals surface area contributed by atoms with Gasteiger partial charge >= 0.3 is 0 Å². The fraction of sp³-hybridized carbons (Fsp3) is 0. The van der Waals surface area contributed by atoms with Gasteiger partial charge in [-0.2, -0.15) is 0 Å². The molecule has 0 saturated carbocycles. The van der Waals surface area contributed by atoms with Gasteiger partial charge in [-0.3, -0.25) is 4.79 Å². The average Bonchev–Trinajstić information content (AvgIpc) is 2.63. The Balaban J connectivity index is 1.66.